The zero-order valence-electron chi connectivity index (χ0n) is 17.7. The number of aromatic hydroxyl groups is 2. The molecule has 33 heavy (non-hydrogen) atoms. The molecule has 0 saturated carbocycles. The summed E-state index contributed by atoms with van der Waals surface area (Å²) >= 11 is 0. The van der Waals surface area contributed by atoms with Crippen molar-refractivity contribution in [2.75, 3.05) is 0 Å². The molecule has 2 aliphatic heterocycles. The standard InChI is InChI=1S/C26H22O7/c27-16-7-10-19-22(13-16)32-23-14-17(28)8-11-20(23)26(19)21-12-15(4-2-1-3-5-24(29)30)6-9-18(21)25(31)33-26/h6-14,27-28H,1-5H2,(H,29,30). The summed E-state index contributed by atoms with van der Waals surface area (Å²) in [6.45, 7) is 0. The maximum absolute atomic E-state index is 12.9. The lowest BCUT2D eigenvalue weighted by Crippen LogP contribution is -2.33. The predicted octanol–water partition coefficient (Wildman–Crippen LogP) is 4.85. The van der Waals surface area contributed by atoms with Crippen LogP contribution in [-0.4, -0.2) is 27.3 Å². The minimum absolute atomic E-state index is 0.00663. The van der Waals surface area contributed by atoms with Crippen molar-refractivity contribution in [3.63, 3.8) is 0 Å². The molecule has 3 N–H and O–H groups in total. The summed E-state index contributed by atoms with van der Waals surface area (Å²) in [5.74, 6) is -0.558. The fourth-order valence-corrected chi connectivity index (χ4v) is 4.68. The number of phenolic OH excluding ortho intramolecular Hbond substituents is 2. The normalized spacial score (nSPS) is 14.7. The van der Waals surface area contributed by atoms with Gasteiger partial charge in [-0.3, -0.25) is 4.79 Å². The van der Waals surface area contributed by atoms with Gasteiger partial charge < -0.3 is 24.8 Å². The van der Waals surface area contributed by atoms with Gasteiger partial charge in [-0.15, -0.1) is 0 Å². The second-order valence-corrected chi connectivity index (χ2v) is 8.37. The first kappa shape index (κ1) is 20.9. The summed E-state index contributed by atoms with van der Waals surface area (Å²) < 4.78 is 12.0. The Bertz CT molecular complexity index is 1230. The molecule has 168 valence electrons. The lowest BCUT2D eigenvalue weighted by atomic mass is 9.77. The number of benzene rings is 3. The topological polar surface area (TPSA) is 113 Å². The zero-order chi connectivity index (χ0) is 23.2. The van der Waals surface area contributed by atoms with Gasteiger partial charge in [0.2, 0.25) is 0 Å². The molecular weight excluding hydrogens is 424 g/mol. The molecule has 2 aliphatic rings. The number of ether oxygens (including phenoxy) is 2. The van der Waals surface area contributed by atoms with Crippen molar-refractivity contribution in [2.24, 2.45) is 0 Å². The number of carbonyl (C=O) groups is 2. The van der Waals surface area contributed by atoms with Crippen LogP contribution in [0.3, 0.4) is 0 Å². The number of hydrogen-bond donors (Lipinski definition) is 3. The van der Waals surface area contributed by atoms with Crippen molar-refractivity contribution in [3.05, 3.63) is 82.4 Å². The number of unbranched alkanes of at least 4 members (excludes halogenated alkanes) is 2. The highest BCUT2D eigenvalue weighted by Crippen LogP contribution is 2.57. The Labute approximate surface area is 189 Å². The summed E-state index contributed by atoms with van der Waals surface area (Å²) in [4.78, 5) is 23.7. The van der Waals surface area contributed by atoms with Gasteiger partial charge in [-0.25, -0.2) is 4.79 Å². The number of aliphatic carboxylic acids is 1. The first-order valence-corrected chi connectivity index (χ1v) is 10.8. The fourth-order valence-electron chi connectivity index (χ4n) is 4.68. The van der Waals surface area contributed by atoms with Crippen LogP contribution in [0, 0.1) is 0 Å². The van der Waals surface area contributed by atoms with Crippen molar-refractivity contribution in [3.8, 4) is 23.0 Å². The number of fused-ring (bicyclic) bond motifs is 6. The Morgan fingerprint density at radius 1 is 0.818 bits per heavy atom. The summed E-state index contributed by atoms with van der Waals surface area (Å²) in [6.07, 6.45) is 3.13. The monoisotopic (exact) mass is 446 g/mol. The highest BCUT2D eigenvalue weighted by molar-refractivity contribution is 5.97. The number of hydrogen-bond acceptors (Lipinski definition) is 6. The first-order valence-electron chi connectivity index (χ1n) is 10.8. The highest BCUT2D eigenvalue weighted by Gasteiger charge is 2.53. The van der Waals surface area contributed by atoms with Crippen molar-refractivity contribution in [1.29, 1.82) is 0 Å². The molecule has 0 aromatic heterocycles. The van der Waals surface area contributed by atoms with E-state index in [4.69, 9.17) is 14.6 Å². The van der Waals surface area contributed by atoms with Crippen LogP contribution in [0.15, 0.2) is 54.6 Å². The Morgan fingerprint density at radius 2 is 1.48 bits per heavy atom. The van der Waals surface area contributed by atoms with E-state index in [0.29, 0.717) is 40.2 Å². The van der Waals surface area contributed by atoms with Gasteiger partial charge in [-0.2, -0.15) is 0 Å². The SMILES string of the molecule is O=C(O)CCCCCc1ccc2c(c1)C1(OC2=O)c2ccc(O)cc2Oc2cc(O)ccc21. The van der Waals surface area contributed by atoms with Crippen LogP contribution in [-0.2, 0) is 21.6 Å². The Hall–Kier alpha value is -4.00. The van der Waals surface area contributed by atoms with Gasteiger partial charge in [-0.05, 0) is 55.2 Å². The predicted molar refractivity (Wildman–Crippen MR) is 118 cm³/mol. The molecule has 0 amide bonds. The second-order valence-electron chi connectivity index (χ2n) is 8.37. The van der Waals surface area contributed by atoms with E-state index < -0.39 is 17.5 Å². The second kappa shape index (κ2) is 7.85. The van der Waals surface area contributed by atoms with E-state index in [1.54, 1.807) is 18.2 Å². The van der Waals surface area contributed by atoms with E-state index in [9.17, 15) is 19.8 Å². The number of esters is 1. The number of carboxylic acid groups (broad SMARTS) is 1. The number of aryl methyl sites for hydroxylation is 1. The van der Waals surface area contributed by atoms with Gasteiger partial charge in [0.1, 0.15) is 23.0 Å². The molecule has 7 nitrogen and oxygen atoms in total. The molecule has 1 spiro atoms. The zero-order valence-corrected chi connectivity index (χ0v) is 17.7. The van der Waals surface area contributed by atoms with Crippen molar-refractivity contribution >= 4 is 11.9 Å². The van der Waals surface area contributed by atoms with E-state index in [1.807, 2.05) is 12.1 Å². The Morgan fingerprint density at radius 3 is 2.12 bits per heavy atom. The molecule has 5 rings (SSSR count). The van der Waals surface area contributed by atoms with Crippen LogP contribution < -0.4 is 4.74 Å². The number of carbonyl (C=O) groups excluding carboxylic acids is 1. The van der Waals surface area contributed by atoms with Crippen LogP contribution >= 0.6 is 0 Å². The first-order chi connectivity index (χ1) is 15.9. The Kier molecular flexibility index (Phi) is 4.96. The average molecular weight is 446 g/mol. The van der Waals surface area contributed by atoms with Gasteiger partial charge in [0.25, 0.3) is 0 Å². The van der Waals surface area contributed by atoms with E-state index >= 15 is 0 Å². The number of carboxylic acids is 1. The molecule has 0 aliphatic carbocycles. The van der Waals surface area contributed by atoms with Crippen molar-refractivity contribution < 1.29 is 34.4 Å². The third kappa shape index (κ3) is 3.46. The van der Waals surface area contributed by atoms with Crippen LogP contribution in [0.2, 0.25) is 0 Å². The molecule has 0 unspecified atom stereocenters. The van der Waals surface area contributed by atoms with Crippen LogP contribution in [0.1, 0.15) is 58.3 Å². The molecule has 2 heterocycles. The maximum atomic E-state index is 12.9. The van der Waals surface area contributed by atoms with Crippen molar-refractivity contribution in [2.45, 2.75) is 37.7 Å². The van der Waals surface area contributed by atoms with Crippen LogP contribution in [0.4, 0.5) is 0 Å². The van der Waals surface area contributed by atoms with Crippen LogP contribution in [0.25, 0.3) is 0 Å². The Balaban J connectivity index is 1.59. The largest absolute Gasteiger partial charge is 0.508 e. The van der Waals surface area contributed by atoms with E-state index in [1.165, 1.54) is 24.3 Å². The molecule has 0 atom stereocenters. The van der Waals surface area contributed by atoms with Gasteiger partial charge in [0.15, 0.2) is 5.60 Å². The molecule has 3 aromatic carbocycles. The van der Waals surface area contributed by atoms with Gasteiger partial charge >= 0.3 is 11.9 Å². The van der Waals surface area contributed by atoms with E-state index in [-0.39, 0.29) is 17.9 Å². The lowest BCUT2D eigenvalue weighted by Gasteiger charge is -2.36. The van der Waals surface area contributed by atoms with Gasteiger partial charge in [0.05, 0.1) is 5.56 Å². The van der Waals surface area contributed by atoms with Gasteiger partial charge in [-0.1, -0.05) is 18.6 Å². The third-order valence-electron chi connectivity index (χ3n) is 6.19. The molecule has 0 saturated heterocycles. The number of phenols is 2. The molecule has 3 aromatic rings. The summed E-state index contributed by atoms with van der Waals surface area (Å²) in [6, 6.07) is 14.9. The summed E-state index contributed by atoms with van der Waals surface area (Å²) in [5.41, 5.74) is 2.04. The molecule has 0 bridgehead atoms. The summed E-state index contributed by atoms with van der Waals surface area (Å²) in [7, 11) is 0. The minimum atomic E-state index is -1.27. The van der Waals surface area contributed by atoms with E-state index in [2.05, 4.69) is 0 Å². The quantitative estimate of drug-likeness (QED) is 0.366. The fraction of sp³-hybridized carbons (Fsp3) is 0.231. The molecular formula is C26H22O7. The number of rotatable bonds is 6. The minimum Gasteiger partial charge on any atom is -0.508 e. The molecule has 7 heteroatoms. The van der Waals surface area contributed by atoms with Crippen molar-refractivity contribution in [1.82, 2.24) is 0 Å². The average Bonchev–Trinajstić information content (AvgIpc) is 3.05. The molecule has 0 radical (unpaired) electrons. The van der Waals surface area contributed by atoms with Crippen LogP contribution in [0.5, 0.6) is 23.0 Å². The lowest BCUT2D eigenvalue weighted by molar-refractivity contribution is -0.137. The maximum Gasteiger partial charge on any atom is 0.340 e. The summed E-state index contributed by atoms with van der Waals surface area (Å²) in [5, 5.41) is 28.8. The highest BCUT2D eigenvalue weighted by atomic mass is 16.6. The smallest absolute Gasteiger partial charge is 0.340 e. The van der Waals surface area contributed by atoms with E-state index in [0.717, 1.165) is 24.8 Å². The third-order valence-corrected chi connectivity index (χ3v) is 6.19. The molecule has 0 fully saturated rings. The van der Waals surface area contributed by atoms with Gasteiger partial charge in [0, 0.05) is 35.2 Å².